The molecule has 0 bridgehead atoms. The largest absolute Gasteiger partial charge is 0.465 e. The van der Waals surface area contributed by atoms with Crippen LogP contribution in [0, 0.1) is 11.8 Å². The molecule has 0 aliphatic carbocycles. The second-order valence-electron chi connectivity index (χ2n) is 3.26. The first-order chi connectivity index (χ1) is 6.66. The van der Waals surface area contributed by atoms with Crippen LogP contribution in [-0.4, -0.2) is 24.7 Å². The maximum Gasteiger partial charge on any atom is 0.319 e. The van der Waals surface area contributed by atoms with Gasteiger partial charge in [0.2, 0.25) is 0 Å². The van der Waals surface area contributed by atoms with Gasteiger partial charge in [-0.15, -0.1) is 0 Å². The summed E-state index contributed by atoms with van der Waals surface area (Å²) in [6.07, 6.45) is 2.29. The minimum atomic E-state index is -0.751. The van der Waals surface area contributed by atoms with Crippen molar-refractivity contribution in [3.63, 3.8) is 0 Å². The van der Waals surface area contributed by atoms with E-state index in [-0.39, 0.29) is 11.8 Å². The summed E-state index contributed by atoms with van der Waals surface area (Å²) in [4.78, 5) is 22.7. The van der Waals surface area contributed by atoms with E-state index in [0.29, 0.717) is 6.61 Å². The smallest absolute Gasteiger partial charge is 0.319 e. The molecule has 1 N–H and O–H groups in total. The molecule has 5 nitrogen and oxygen atoms in total. The summed E-state index contributed by atoms with van der Waals surface area (Å²) in [6, 6.07) is 0. The third-order valence-electron chi connectivity index (χ3n) is 2.00. The molecule has 0 aromatic rings. The number of hydrogen-bond donors (Lipinski definition) is 1. The third-order valence-corrected chi connectivity index (χ3v) is 2.00. The number of nitrogens with one attached hydrogen (secondary N) is 1. The number of rotatable bonds is 3. The number of carbonyl (C=O) groups excluding carboxylic acids is 2. The van der Waals surface area contributed by atoms with Crippen LogP contribution >= 0.6 is 0 Å². The molecule has 0 saturated heterocycles. The SMILES string of the molecule is CCCOC(=O)C1C(=O)NN=CC1C. The van der Waals surface area contributed by atoms with Crippen molar-refractivity contribution in [1.82, 2.24) is 5.43 Å². The third kappa shape index (κ3) is 2.31. The number of carbonyl (C=O) groups is 2. The Labute approximate surface area is 82.5 Å². The molecule has 0 saturated carbocycles. The molecule has 14 heavy (non-hydrogen) atoms. The average Bonchev–Trinajstić information content (AvgIpc) is 2.14. The van der Waals surface area contributed by atoms with Gasteiger partial charge in [0.25, 0.3) is 5.91 Å². The van der Waals surface area contributed by atoms with E-state index in [1.54, 1.807) is 13.1 Å². The van der Waals surface area contributed by atoms with Gasteiger partial charge in [0, 0.05) is 12.1 Å². The van der Waals surface area contributed by atoms with E-state index in [2.05, 4.69) is 10.5 Å². The molecule has 5 heteroatoms. The van der Waals surface area contributed by atoms with Crippen molar-refractivity contribution in [1.29, 1.82) is 0 Å². The van der Waals surface area contributed by atoms with Crippen LogP contribution in [0.25, 0.3) is 0 Å². The molecular weight excluding hydrogens is 184 g/mol. The Morgan fingerprint density at radius 1 is 1.71 bits per heavy atom. The predicted octanol–water partition coefficient (Wildman–Crippen LogP) is 0.307. The van der Waals surface area contributed by atoms with Crippen molar-refractivity contribution in [2.45, 2.75) is 20.3 Å². The highest BCUT2D eigenvalue weighted by molar-refractivity contribution is 6.01. The highest BCUT2D eigenvalue weighted by atomic mass is 16.5. The van der Waals surface area contributed by atoms with Gasteiger partial charge in [-0.05, 0) is 6.42 Å². The van der Waals surface area contributed by atoms with E-state index in [4.69, 9.17) is 4.74 Å². The van der Waals surface area contributed by atoms with Crippen LogP contribution in [-0.2, 0) is 14.3 Å². The molecule has 1 rings (SSSR count). The standard InChI is InChI=1S/C9H14N2O3/c1-3-4-14-9(13)7-6(2)5-10-11-8(7)12/h5-7H,3-4H2,1-2H3,(H,11,12). The fourth-order valence-corrected chi connectivity index (χ4v) is 1.23. The van der Waals surface area contributed by atoms with Crippen molar-refractivity contribution in [3.05, 3.63) is 0 Å². The number of hydrogen-bond acceptors (Lipinski definition) is 4. The van der Waals surface area contributed by atoms with Crippen LogP contribution in [0.3, 0.4) is 0 Å². The summed E-state index contributed by atoms with van der Waals surface area (Å²) in [5.41, 5.74) is 2.25. The molecule has 0 fully saturated rings. The molecular formula is C9H14N2O3. The van der Waals surface area contributed by atoms with Crippen LogP contribution in [0.4, 0.5) is 0 Å². The number of amides is 1. The predicted molar refractivity (Wildman–Crippen MR) is 50.5 cm³/mol. The summed E-state index contributed by atoms with van der Waals surface area (Å²) in [7, 11) is 0. The van der Waals surface area contributed by atoms with E-state index >= 15 is 0 Å². The zero-order valence-electron chi connectivity index (χ0n) is 8.32. The zero-order chi connectivity index (χ0) is 10.6. The summed E-state index contributed by atoms with van der Waals surface area (Å²) in [5, 5.41) is 3.62. The Kier molecular flexibility index (Phi) is 3.62. The number of esters is 1. The Morgan fingerprint density at radius 3 is 3.00 bits per heavy atom. The van der Waals surface area contributed by atoms with Crippen LogP contribution in [0.1, 0.15) is 20.3 Å². The summed E-state index contributed by atoms with van der Waals surface area (Å²) < 4.78 is 4.91. The fraction of sp³-hybridized carbons (Fsp3) is 0.667. The highest BCUT2D eigenvalue weighted by Crippen LogP contribution is 2.15. The van der Waals surface area contributed by atoms with Gasteiger partial charge in [0.05, 0.1) is 6.61 Å². The molecule has 78 valence electrons. The van der Waals surface area contributed by atoms with Crippen LogP contribution in [0.2, 0.25) is 0 Å². The first-order valence-electron chi connectivity index (χ1n) is 4.66. The van der Waals surface area contributed by atoms with Gasteiger partial charge in [-0.25, -0.2) is 5.43 Å². The lowest BCUT2D eigenvalue weighted by atomic mass is 9.93. The van der Waals surface area contributed by atoms with Gasteiger partial charge in [-0.2, -0.15) is 5.10 Å². The Hall–Kier alpha value is -1.39. The normalized spacial score (nSPS) is 25.7. The summed E-state index contributed by atoms with van der Waals surface area (Å²) >= 11 is 0. The Balaban J connectivity index is 2.60. The molecule has 0 radical (unpaired) electrons. The van der Waals surface area contributed by atoms with Crippen LogP contribution in [0.5, 0.6) is 0 Å². The average molecular weight is 198 g/mol. The number of hydrazone groups is 1. The molecule has 0 aromatic heterocycles. The van der Waals surface area contributed by atoms with E-state index in [1.807, 2.05) is 6.92 Å². The molecule has 0 spiro atoms. The lowest BCUT2D eigenvalue weighted by Crippen LogP contribution is -2.42. The fourth-order valence-electron chi connectivity index (χ4n) is 1.23. The van der Waals surface area contributed by atoms with E-state index in [1.165, 1.54) is 0 Å². The summed E-state index contributed by atoms with van der Waals surface area (Å²) in [5.74, 6) is -1.81. The zero-order valence-corrected chi connectivity index (χ0v) is 8.32. The van der Waals surface area contributed by atoms with Crippen LogP contribution < -0.4 is 5.43 Å². The van der Waals surface area contributed by atoms with Gasteiger partial charge >= 0.3 is 5.97 Å². The van der Waals surface area contributed by atoms with E-state index < -0.39 is 11.9 Å². The topological polar surface area (TPSA) is 67.8 Å². The van der Waals surface area contributed by atoms with Gasteiger partial charge in [-0.1, -0.05) is 13.8 Å². The van der Waals surface area contributed by atoms with E-state index in [0.717, 1.165) is 6.42 Å². The first-order valence-corrected chi connectivity index (χ1v) is 4.66. The maximum absolute atomic E-state index is 11.4. The maximum atomic E-state index is 11.4. The van der Waals surface area contributed by atoms with Crippen LogP contribution in [0.15, 0.2) is 5.10 Å². The second-order valence-corrected chi connectivity index (χ2v) is 3.26. The molecule has 2 atom stereocenters. The molecule has 1 amide bonds. The minimum Gasteiger partial charge on any atom is -0.465 e. The monoisotopic (exact) mass is 198 g/mol. The quantitative estimate of drug-likeness (QED) is 0.524. The highest BCUT2D eigenvalue weighted by Gasteiger charge is 2.34. The van der Waals surface area contributed by atoms with Gasteiger partial charge in [-0.3, -0.25) is 9.59 Å². The van der Waals surface area contributed by atoms with Crippen molar-refractivity contribution in [2.75, 3.05) is 6.61 Å². The minimum absolute atomic E-state index is 0.201. The van der Waals surface area contributed by atoms with Gasteiger partial charge in [0.15, 0.2) is 0 Å². The van der Waals surface area contributed by atoms with Crippen molar-refractivity contribution in [2.24, 2.45) is 16.9 Å². The number of nitrogens with zero attached hydrogens (tertiary/aromatic N) is 1. The van der Waals surface area contributed by atoms with Crippen molar-refractivity contribution >= 4 is 18.1 Å². The Bertz CT molecular complexity index is 263. The van der Waals surface area contributed by atoms with E-state index in [9.17, 15) is 9.59 Å². The molecule has 1 aliphatic rings. The van der Waals surface area contributed by atoms with Crippen molar-refractivity contribution in [3.8, 4) is 0 Å². The van der Waals surface area contributed by atoms with Crippen molar-refractivity contribution < 1.29 is 14.3 Å². The van der Waals surface area contributed by atoms with Gasteiger partial charge in [0.1, 0.15) is 5.92 Å². The summed E-state index contributed by atoms with van der Waals surface area (Å²) in [6.45, 7) is 4.02. The first kappa shape index (κ1) is 10.7. The molecule has 2 unspecified atom stereocenters. The second kappa shape index (κ2) is 4.74. The Morgan fingerprint density at radius 2 is 2.43 bits per heavy atom. The molecule has 1 aliphatic heterocycles. The van der Waals surface area contributed by atoms with Gasteiger partial charge < -0.3 is 4.74 Å². The lowest BCUT2D eigenvalue weighted by molar-refractivity contribution is -0.154. The lowest BCUT2D eigenvalue weighted by Gasteiger charge is -2.20. The molecule has 1 heterocycles. The number of ether oxygens (including phenoxy) is 1. The molecule has 0 aromatic carbocycles.